The Bertz CT molecular complexity index is 673. The van der Waals surface area contributed by atoms with E-state index in [4.69, 9.17) is 14.2 Å². The van der Waals surface area contributed by atoms with Crippen LogP contribution in [0.4, 0.5) is 4.79 Å². The van der Waals surface area contributed by atoms with Crippen LogP contribution >= 0.6 is 0 Å². The Morgan fingerprint density at radius 2 is 1.83 bits per heavy atom. The summed E-state index contributed by atoms with van der Waals surface area (Å²) in [4.78, 5) is 24.1. The molecule has 2 amide bonds. The maximum atomic E-state index is 12.3. The van der Waals surface area contributed by atoms with Gasteiger partial charge in [-0.2, -0.15) is 0 Å². The van der Waals surface area contributed by atoms with Crippen molar-refractivity contribution in [2.24, 2.45) is 0 Å². The van der Waals surface area contributed by atoms with Gasteiger partial charge in [-0.1, -0.05) is 0 Å². The van der Waals surface area contributed by atoms with Crippen LogP contribution in [0.5, 0.6) is 17.2 Å². The Morgan fingerprint density at radius 1 is 1.25 bits per heavy atom. The zero-order valence-electron chi connectivity index (χ0n) is 13.9. The molecule has 3 N–H and O–H groups in total. The first kappa shape index (κ1) is 17.5. The lowest BCUT2D eigenvalue weighted by Crippen LogP contribution is -2.45. The van der Waals surface area contributed by atoms with Crippen molar-refractivity contribution < 1.29 is 28.9 Å². The standard InChI is InChI=1S/C16H20N2O6/c1-5-24-15(20)12-8(2)17-16(21)18-13(12)9-6-10(22-3)14(19)11(7-9)23-4/h6-7,13,19H,5H2,1-4H3,(H2,17,18,21)/t13-/m1/s1. The van der Waals surface area contributed by atoms with Gasteiger partial charge in [-0.3, -0.25) is 0 Å². The summed E-state index contributed by atoms with van der Waals surface area (Å²) < 4.78 is 15.3. The molecule has 8 nitrogen and oxygen atoms in total. The van der Waals surface area contributed by atoms with E-state index in [1.165, 1.54) is 26.4 Å². The van der Waals surface area contributed by atoms with Gasteiger partial charge in [-0.05, 0) is 31.5 Å². The van der Waals surface area contributed by atoms with Gasteiger partial charge in [0.05, 0.1) is 32.4 Å². The first-order chi connectivity index (χ1) is 11.4. The van der Waals surface area contributed by atoms with E-state index < -0.39 is 18.0 Å². The quantitative estimate of drug-likeness (QED) is 0.705. The van der Waals surface area contributed by atoms with Gasteiger partial charge in [0.15, 0.2) is 11.5 Å². The first-order valence-electron chi connectivity index (χ1n) is 7.33. The number of ether oxygens (including phenoxy) is 3. The first-order valence-corrected chi connectivity index (χ1v) is 7.33. The Balaban J connectivity index is 2.57. The number of aromatic hydroxyl groups is 1. The molecule has 0 spiro atoms. The number of amides is 2. The minimum Gasteiger partial charge on any atom is -0.502 e. The van der Waals surface area contributed by atoms with Crippen molar-refractivity contribution in [1.29, 1.82) is 0 Å². The maximum absolute atomic E-state index is 12.3. The van der Waals surface area contributed by atoms with Gasteiger partial charge in [-0.25, -0.2) is 9.59 Å². The number of carbonyl (C=O) groups is 2. The normalized spacial score (nSPS) is 17.0. The van der Waals surface area contributed by atoms with Crippen LogP contribution in [0, 0.1) is 0 Å². The Hall–Kier alpha value is -2.90. The number of nitrogens with one attached hydrogen (secondary N) is 2. The average molecular weight is 336 g/mol. The monoisotopic (exact) mass is 336 g/mol. The molecule has 1 aromatic rings. The van der Waals surface area contributed by atoms with Crippen LogP contribution in [0.1, 0.15) is 25.5 Å². The topological polar surface area (TPSA) is 106 Å². The van der Waals surface area contributed by atoms with E-state index in [0.29, 0.717) is 11.3 Å². The van der Waals surface area contributed by atoms with Crippen LogP contribution in [0.3, 0.4) is 0 Å². The zero-order valence-corrected chi connectivity index (χ0v) is 13.9. The van der Waals surface area contributed by atoms with E-state index in [0.717, 1.165) is 0 Å². The number of allylic oxidation sites excluding steroid dienone is 1. The molecule has 1 aliphatic rings. The molecule has 2 rings (SSSR count). The summed E-state index contributed by atoms with van der Waals surface area (Å²) in [5.41, 5.74) is 1.18. The van der Waals surface area contributed by atoms with E-state index >= 15 is 0 Å². The highest BCUT2D eigenvalue weighted by molar-refractivity contribution is 5.95. The summed E-state index contributed by atoms with van der Waals surface area (Å²) in [6.07, 6.45) is 0. The highest BCUT2D eigenvalue weighted by atomic mass is 16.5. The van der Waals surface area contributed by atoms with Crippen molar-refractivity contribution in [1.82, 2.24) is 10.6 Å². The summed E-state index contributed by atoms with van der Waals surface area (Å²) >= 11 is 0. The number of carbonyl (C=O) groups excluding carboxylic acids is 2. The highest BCUT2D eigenvalue weighted by Crippen LogP contribution is 2.40. The molecule has 0 unspecified atom stereocenters. The molecule has 0 aliphatic carbocycles. The molecule has 0 saturated carbocycles. The summed E-state index contributed by atoms with van der Waals surface area (Å²) in [7, 11) is 2.79. The predicted molar refractivity (Wildman–Crippen MR) is 85.0 cm³/mol. The van der Waals surface area contributed by atoms with Crippen LogP contribution in [-0.2, 0) is 9.53 Å². The number of phenols is 1. The third-order valence-electron chi connectivity index (χ3n) is 3.60. The summed E-state index contributed by atoms with van der Waals surface area (Å²) in [5, 5.41) is 15.2. The number of phenolic OH excluding ortho intramolecular Hbond substituents is 1. The van der Waals surface area contributed by atoms with Crippen LogP contribution < -0.4 is 20.1 Å². The smallest absolute Gasteiger partial charge is 0.338 e. The Labute approximate surface area is 139 Å². The van der Waals surface area contributed by atoms with E-state index in [-0.39, 0.29) is 29.4 Å². The van der Waals surface area contributed by atoms with E-state index in [2.05, 4.69) is 10.6 Å². The fraction of sp³-hybridized carbons (Fsp3) is 0.375. The molecule has 1 aliphatic heterocycles. The van der Waals surface area contributed by atoms with E-state index in [1.807, 2.05) is 0 Å². The maximum Gasteiger partial charge on any atom is 0.338 e. The third-order valence-corrected chi connectivity index (χ3v) is 3.60. The number of rotatable bonds is 5. The highest BCUT2D eigenvalue weighted by Gasteiger charge is 2.33. The second-order valence-corrected chi connectivity index (χ2v) is 5.06. The van der Waals surface area contributed by atoms with Gasteiger partial charge >= 0.3 is 12.0 Å². The molecule has 0 bridgehead atoms. The van der Waals surface area contributed by atoms with Crippen molar-refractivity contribution in [2.45, 2.75) is 19.9 Å². The van der Waals surface area contributed by atoms with Crippen molar-refractivity contribution in [3.63, 3.8) is 0 Å². The molecule has 1 atom stereocenters. The molecule has 1 aromatic carbocycles. The van der Waals surface area contributed by atoms with E-state index in [9.17, 15) is 14.7 Å². The Morgan fingerprint density at radius 3 is 2.33 bits per heavy atom. The second-order valence-electron chi connectivity index (χ2n) is 5.06. The van der Waals surface area contributed by atoms with Crippen LogP contribution in [0.2, 0.25) is 0 Å². The molecule has 24 heavy (non-hydrogen) atoms. The number of methoxy groups -OCH3 is 2. The third kappa shape index (κ3) is 3.22. The summed E-state index contributed by atoms with van der Waals surface area (Å²) in [5.74, 6) is -0.378. The number of hydrogen-bond acceptors (Lipinski definition) is 6. The van der Waals surface area contributed by atoms with Crippen LogP contribution in [0.15, 0.2) is 23.4 Å². The van der Waals surface area contributed by atoms with Gasteiger partial charge in [0.25, 0.3) is 0 Å². The van der Waals surface area contributed by atoms with Crippen molar-refractivity contribution >= 4 is 12.0 Å². The minimum absolute atomic E-state index is 0.164. The molecule has 0 aromatic heterocycles. The van der Waals surface area contributed by atoms with Crippen molar-refractivity contribution in [2.75, 3.05) is 20.8 Å². The van der Waals surface area contributed by atoms with Crippen LogP contribution in [0.25, 0.3) is 0 Å². The largest absolute Gasteiger partial charge is 0.502 e. The number of hydrogen-bond donors (Lipinski definition) is 3. The lowest BCUT2D eigenvalue weighted by molar-refractivity contribution is -0.139. The average Bonchev–Trinajstić information content (AvgIpc) is 2.54. The molecule has 130 valence electrons. The predicted octanol–water partition coefficient (Wildman–Crippen LogP) is 1.60. The lowest BCUT2D eigenvalue weighted by Gasteiger charge is -2.28. The number of benzene rings is 1. The fourth-order valence-corrected chi connectivity index (χ4v) is 2.50. The van der Waals surface area contributed by atoms with E-state index in [1.54, 1.807) is 13.8 Å². The SMILES string of the molecule is CCOC(=O)C1=C(C)NC(=O)N[C@@H]1c1cc(OC)c(O)c(OC)c1. The Kier molecular flexibility index (Phi) is 5.18. The lowest BCUT2D eigenvalue weighted by atomic mass is 9.95. The van der Waals surface area contributed by atoms with Crippen molar-refractivity contribution in [3.05, 3.63) is 29.0 Å². The molecule has 0 radical (unpaired) electrons. The number of urea groups is 1. The molecular weight excluding hydrogens is 316 g/mol. The fourth-order valence-electron chi connectivity index (χ4n) is 2.50. The van der Waals surface area contributed by atoms with Crippen LogP contribution in [-0.4, -0.2) is 37.9 Å². The minimum atomic E-state index is -0.763. The van der Waals surface area contributed by atoms with Crippen molar-refractivity contribution in [3.8, 4) is 17.2 Å². The number of esters is 1. The molecular formula is C16H20N2O6. The summed E-state index contributed by atoms with van der Waals surface area (Å²) in [6.45, 7) is 3.52. The second kappa shape index (κ2) is 7.12. The van der Waals surface area contributed by atoms with Gasteiger partial charge in [0, 0.05) is 5.70 Å². The van der Waals surface area contributed by atoms with Gasteiger partial charge < -0.3 is 30.0 Å². The molecule has 1 heterocycles. The van der Waals surface area contributed by atoms with Gasteiger partial charge in [0.2, 0.25) is 5.75 Å². The zero-order chi connectivity index (χ0) is 17.9. The van der Waals surface area contributed by atoms with Gasteiger partial charge in [0.1, 0.15) is 0 Å². The molecule has 8 heteroatoms. The van der Waals surface area contributed by atoms with Gasteiger partial charge in [-0.15, -0.1) is 0 Å². The molecule has 0 fully saturated rings. The summed E-state index contributed by atoms with van der Waals surface area (Å²) in [6, 6.07) is 1.85. The molecule has 0 saturated heterocycles.